The van der Waals surface area contributed by atoms with E-state index in [4.69, 9.17) is 0 Å². The molecule has 1 aromatic heterocycles. The molecule has 36 heavy (non-hydrogen) atoms. The second-order valence-electron chi connectivity index (χ2n) is 11.6. The van der Waals surface area contributed by atoms with Gasteiger partial charge in [-0.3, -0.25) is 9.59 Å². The van der Waals surface area contributed by atoms with Crippen molar-refractivity contribution >= 4 is 23.1 Å². The lowest BCUT2D eigenvalue weighted by Crippen LogP contribution is -2.68. The minimum absolute atomic E-state index is 0.0495. The third kappa shape index (κ3) is 3.57. The van der Waals surface area contributed by atoms with Gasteiger partial charge in [0.25, 0.3) is 0 Å². The fraction of sp³-hybridized carbons (Fsp3) is 0.630. The zero-order chi connectivity index (χ0) is 26.2. The first-order chi connectivity index (χ1) is 16.8. The molecule has 5 rings (SSSR count). The van der Waals surface area contributed by atoms with Gasteiger partial charge in [-0.05, 0) is 80.2 Å². The van der Waals surface area contributed by atoms with Crippen molar-refractivity contribution in [3.8, 4) is 0 Å². The predicted molar refractivity (Wildman–Crippen MR) is 130 cm³/mol. The molecular formula is C27H33F2NO5S. The number of aliphatic hydroxyl groups excluding tert-OH is 1. The maximum atomic E-state index is 17.2. The van der Waals surface area contributed by atoms with Crippen LogP contribution in [0.25, 0.3) is 0 Å². The molecule has 1 heterocycles. The van der Waals surface area contributed by atoms with E-state index in [0.717, 1.165) is 20.9 Å². The smallest absolute Gasteiger partial charge is 0.307 e. The monoisotopic (exact) mass is 521 g/mol. The molecule has 4 aliphatic rings. The quantitative estimate of drug-likeness (QED) is 0.494. The average molecular weight is 522 g/mol. The highest BCUT2D eigenvalue weighted by Crippen LogP contribution is 2.70. The van der Waals surface area contributed by atoms with Gasteiger partial charge in [0.05, 0.1) is 18.6 Å². The van der Waals surface area contributed by atoms with Crippen LogP contribution in [0.1, 0.15) is 42.9 Å². The van der Waals surface area contributed by atoms with Gasteiger partial charge in [0.2, 0.25) is 0 Å². The van der Waals surface area contributed by atoms with E-state index in [9.17, 15) is 25.0 Å². The number of rotatable bonds is 5. The van der Waals surface area contributed by atoms with Gasteiger partial charge in [-0.1, -0.05) is 13.0 Å². The number of hydrogen-bond acceptors (Lipinski definition) is 6. The molecule has 6 nitrogen and oxygen atoms in total. The minimum Gasteiger partial charge on any atom is -0.481 e. The third-order valence-corrected chi connectivity index (χ3v) is 10.6. The SMILES string of the molecule is Cc1ccc(CN(O)C[C@@H]2CC3[C@@H]4C[C@H](F)C5=CC(=O)C=C[C@]5(C)[C@@]4(F)[C@@H](O)C[C@]3(C)[C@H]2C(=O)O)s1. The molecule has 0 amide bonds. The molecule has 3 fully saturated rings. The molecule has 3 saturated carbocycles. The zero-order valence-corrected chi connectivity index (χ0v) is 21.5. The number of thiophene rings is 1. The van der Waals surface area contributed by atoms with Crippen molar-refractivity contribution in [3.05, 3.63) is 45.7 Å². The summed E-state index contributed by atoms with van der Waals surface area (Å²) < 4.78 is 32.8. The highest BCUT2D eigenvalue weighted by molar-refractivity contribution is 7.11. The van der Waals surface area contributed by atoms with Crippen LogP contribution in [0.3, 0.4) is 0 Å². The Morgan fingerprint density at radius 3 is 2.61 bits per heavy atom. The Bertz CT molecular complexity index is 1150. The van der Waals surface area contributed by atoms with Crippen LogP contribution in [0, 0.1) is 41.4 Å². The molecule has 0 aromatic carbocycles. The van der Waals surface area contributed by atoms with Crippen LogP contribution in [0.5, 0.6) is 0 Å². The van der Waals surface area contributed by atoms with Gasteiger partial charge < -0.3 is 15.4 Å². The number of carbonyl (C=O) groups is 2. The molecule has 4 aliphatic carbocycles. The number of allylic oxidation sites excluding steroid dienone is 4. The normalized spacial score (nSPS) is 43.7. The molecule has 1 aromatic rings. The van der Waals surface area contributed by atoms with Crippen LogP contribution in [0.2, 0.25) is 0 Å². The second kappa shape index (κ2) is 8.55. The molecule has 9 heteroatoms. The van der Waals surface area contributed by atoms with E-state index < -0.39 is 64.2 Å². The fourth-order valence-corrected chi connectivity index (χ4v) is 9.03. The number of nitrogens with zero attached hydrogens (tertiary/aromatic N) is 1. The molecular weight excluding hydrogens is 488 g/mol. The molecule has 3 N–H and O–H groups in total. The molecule has 196 valence electrons. The summed E-state index contributed by atoms with van der Waals surface area (Å²) in [4.78, 5) is 26.6. The lowest BCUT2D eigenvalue weighted by atomic mass is 9.45. The number of alkyl halides is 2. The Morgan fingerprint density at radius 1 is 1.25 bits per heavy atom. The van der Waals surface area contributed by atoms with Crippen molar-refractivity contribution in [2.24, 2.45) is 34.5 Å². The molecule has 0 spiro atoms. The molecule has 9 atom stereocenters. The van der Waals surface area contributed by atoms with Crippen LogP contribution in [-0.2, 0) is 16.1 Å². The van der Waals surface area contributed by atoms with Crippen molar-refractivity contribution < 1.29 is 33.8 Å². The Morgan fingerprint density at radius 2 is 1.97 bits per heavy atom. The molecule has 0 radical (unpaired) electrons. The number of ketones is 1. The summed E-state index contributed by atoms with van der Waals surface area (Å²) in [7, 11) is 0. The Labute approximate surface area is 213 Å². The van der Waals surface area contributed by atoms with Crippen LogP contribution in [-0.4, -0.2) is 56.7 Å². The zero-order valence-electron chi connectivity index (χ0n) is 20.7. The van der Waals surface area contributed by atoms with E-state index in [2.05, 4.69) is 0 Å². The van der Waals surface area contributed by atoms with Crippen LogP contribution >= 0.6 is 11.3 Å². The first-order valence-corrected chi connectivity index (χ1v) is 13.3. The summed E-state index contributed by atoms with van der Waals surface area (Å²) >= 11 is 1.55. The van der Waals surface area contributed by atoms with Gasteiger partial charge in [-0.15, -0.1) is 11.3 Å². The van der Waals surface area contributed by atoms with E-state index in [1.165, 1.54) is 19.1 Å². The number of fused-ring (bicyclic) bond motifs is 5. The average Bonchev–Trinajstić information content (AvgIpc) is 3.31. The highest BCUT2D eigenvalue weighted by atomic mass is 32.1. The summed E-state index contributed by atoms with van der Waals surface area (Å²) in [5, 5.41) is 33.4. The number of carboxylic acids is 1. The van der Waals surface area contributed by atoms with Crippen LogP contribution < -0.4 is 0 Å². The van der Waals surface area contributed by atoms with Crippen LogP contribution in [0.15, 0.2) is 35.9 Å². The Kier molecular flexibility index (Phi) is 6.10. The van der Waals surface area contributed by atoms with E-state index in [1.54, 1.807) is 18.3 Å². The van der Waals surface area contributed by atoms with E-state index in [-0.39, 0.29) is 31.5 Å². The summed E-state index contributed by atoms with van der Waals surface area (Å²) in [6.07, 6.45) is 0.677. The maximum absolute atomic E-state index is 17.2. The number of carbonyl (C=O) groups excluding carboxylic acids is 1. The topological polar surface area (TPSA) is 98.1 Å². The Balaban J connectivity index is 1.49. The largest absolute Gasteiger partial charge is 0.481 e. The first kappa shape index (κ1) is 25.7. The van der Waals surface area contributed by atoms with E-state index in [1.807, 2.05) is 19.1 Å². The number of halogens is 2. The fourth-order valence-electron chi connectivity index (χ4n) is 8.13. The Hall–Kier alpha value is -1.94. The number of aliphatic carboxylic acids is 1. The standard InChI is InChI=1S/C27H33F2NO5S/c1-14-4-5-17(36-14)13-30(35)12-15-8-18-19-10-21(28)20-9-16(31)6-7-26(20,3)27(19,29)22(32)11-25(18,2)23(15)24(33)34/h4-7,9,15,18-19,21-23,32,35H,8,10-13H2,1-3H3,(H,33,34)/t15-,18?,19-,21-,22-,23+,25-,26-,27-/m0/s1. The summed E-state index contributed by atoms with van der Waals surface area (Å²) in [5.41, 5.74) is -4.66. The van der Waals surface area contributed by atoms with E-state index >= 15 is 8.78 Å². The van der Waals surface area contributed by atoms with Crippen molar-refractivity contribution in [1.29, 1.82) is 0 Å². The lowest BCUT2D eigenvalue weighted by molar-refractivity contribution is -0.204. The van der Waals surface area contributed by atoms with Gasteiger partial charge in [0.1, 0.15) is 6.17 Å². The number of hydroxylamine groups is 2. The number of hydrogen-bond donors (Lipinski definition) is 3. The lowest BCUT2D eigenvalue weighted by Gasteiger charge is -2.62. The van der Waals surface area contributed by atoms with Gasteiger partial charge in [0, 0.05) is 27.6 Å². The minimum atomic E-state index is -2.24. The highest BCUT2D eigenvalue weighted by Gasteiger charge is 2.73. The van der Waals surface area contributed by atoms with Gasteiger partial charge in [-0.25, -0.2) is 8.78 Å². The van der Waals surface area contributed by atoms with Crippen molar-refractivity contribution in [1.82, 2.24) is 5.06 Å². The van der Waals surface area contributed by atoms with Crippen molar-refractivity contribution in [3.63, 3.8) is 0 Å². The number of aliphatic hydroxyl groups is 1. The van der Waals surface area contributed by atoms with Crippen LogP contribution in [0.4, 0.5) is 8.78 Å². The molecule has 1 unspecified atom stereocenters. The third-order valence-electron chi connectivity index (χ3n) is 9.65. The summed E-state index contributed by atoms with van der Waals surface area (Å²) in [6.45, 7) is 5.60. The second-order valence-corrected chi connectivity index (χ2v) is 13.0. The molecule has 0 aliphatic heterocycles. The van der Waals surface area contributed by atoms with Gasteiger partial charge in [-0.2, -0.15) is 5.06 Å². The van der Waals surface area contributed by atoms with E-state index in [0.29, 0.717) is 6.42 Å². The van der Waals surface area contributed by atoms with Gasteiger partial charge >= 0.3 is 5.97 Å². The summed E-state index contributed by atoms with van der Waals surface area (Å²) in [5.74, 6) is -4.31. The molecule has 0 saturated heterocycles. The number of aryl methyl sites for hydroxylation is 1. The maximum Gasteiger partial charge on any atom is 0.307 e. The van der Waals surface area contributed by atoms with Crippen molar-refractivity contribution in [2.75, 3.05) is 6.54 Å². The summed E-state index contributed by atoms with van der Waals surface area (Å²) in [6, 6.07) is 3.87. The first-order valence-electron chi connectivity index (χ1n) is 12.5. The van der Waals surface area contributed by atoms with Crippen molar-refractivity contribution in [2.45, 2.75) is 64.5 Å². The van der Waals surface area contributed by atoms with Gasteiger partial charge in [0.15, 0.2) is 11.5 Å². The molecule has 0 bridgehead atoms. The number of carboxylic acid groups (broad SMARTS) is 1. The predicted octanol–water partition coefficient (Wildman–Crippen LogP) is 4.49.